The Hall–Kier alpha value is -0.430. The predicted octanol–water partition coefficient (Wildman–Crippen LogP) is -2.18. The third-order valence-corrected chi connectivity index (χ3v) is 0.683. The third kappa shape index (κ3) is 37.4. The van der Waals surface area contributed by atoms with E-state index in [4.69, 9.17) is 26.6 Å². The van der Waals surface area contributed by atoms with Crippen molar-refractivity contribution in [1.82, 2.24) is 0 Å². The molecule has 100 valence electrons. The van der Waals surface area contributed by atoms with Crippen LogP contribution in [0.15, 0.2) is 0 Å². The molecule has 0 heterocycles. The lowest BCUT2D eigenvalue weighted by Crippen LogP contribution is -2.09. The van der Waals surface area contributed by atoms with E-state index >= 15 is 0 Å². The van der Waals surface area contributed by atoms with Crippen LogP contribution < -0.4 is 0 Å². The van der Waals surface area contributed by atoms with Gasteiger partial charge in [-0.1, -0.05) is 8.67 Å². The second-order valence-electron chi connectivity index (χ2n) is 1.51. The molecule has 0 spiro atoms. The number of rotatable bonds is 4. The summed E-state index contributed by atoms with van der Waals surface area (Å²) in [6, 6.07) is 0. The Kier molecular flexibility index (Phi) is 7.11. The fraction of sp³-hybridized carbons (Fsp3) is 0. The molecule has 0 unspecified atom stereocenters. The van der Waals surface area contributed by atoms with Crippen molar-refractivity contribution < 1.29 is 57.2 Å². The fourth-order valence-electron chi connectivity index (χ4n) is 0.0815. The van der Waals surface area contributed by atoms with Gasteiger partial charge in [-0.2, -0.15) is 25.3 Å². The molecule has 0 saturated carbocycles. The zero-order valence-electron chi connectivity index (χ0n) is 6.69. The molecular formula is H4O13S3. The lowest BCUT2D eigenvalue weighted by Gasteiger charge is -1.93. The van der Waals surface area contributed by atoms with Crippen molar-refractivity contribution in [3.05, 3.63) is 0 Å². The highest BCUT2D eigenvalue weighted by molar-refractivity contribution is 7.81. The van der Waals surface area contributed by atoms with Gasteiger partial charge < -0.3 is 0 Å². The average molecular weight is 308 g/mol. The van der Waals surface area contributed by atoms with E-state index in [0.717, 1.165) is 0 Å². The van der Waals surface area contributed by atoms with Crippen LogP contribution in [0.25, 0.3) is 0 Å². The number of hydrogen-bond acceptors (Lipinski definition) is 9. The molecule has 16 heteroatoms. The van der Waals surface area contributed by atoms with Gasteiger partial charge in [0, 0.05) is 0 Å². The monoisotopic (exact) mass is 308 g/mol. The van der Waals surface area contributed by atoms with Gasteiger partial charge in [0.2, 0.25) is 0 Å². The van der Waals surface area contributed by atoms with Crippen LogP contribution in [0.5, 0.6) is 0 Å². The van der Waals surface area contributed by atoms with Gasteiger partial charge in [-0.05, 0) is 5.04 Å². The molecule has 16 heavy (non-hydrogen) atoms. The highest BCUT2D eigenvalue weighted by Crippen LogP contribution is 1.92. The van der Waals surface area contributed by atoms with Crippen molar-refractivity contribution in [2.75, 3.05) is 0 Å². The van der Waals surface area contributed by atoms with Crippen molar-refractivity contribution in [2.24, 2.45) is 0 Å². The van der Waals surface area contributed by atoms with Crippen LogP contribution in [0.2, 0.25) is 0 Å². The summed E-state index contributed by atoms with van der Waals surface area (Å²) in [5.41, 5.74) is 0. The molecule has 0 aliphatic carbocycles. The van der Waals surface area contributed by atoms with Gasteiger partial charge in [0.25, 0.3) is 0 Å². The van der Waals surface area contributed by atoms with Crippen molar-refractivity contribution in [1.29, 1.82) is 0 Å². The van der Waals surface area contributed by atoms with Crippen LogP contribution in [-0.4, -0.2) is 43.5 Å². The molecule has 0 aliphatic heterocycles. The van der Waals surface area contributed by atoms with E-state index in [2.05, 4.69) is 13.7 Å². The van der Waals surface area contributed by atoms with Crippen molar-refractivity contribution in [3.63, 3.8) is 0 Å². The molecule has 4 N–H and O–H groups in total. The Labute approximate surface area is 88.9 Å². The quantitative estimate of drug-likeness (QED) is 0.247. The first-order chi connectivity index (χ1) is 6.71. The highest BCUT2D eigenvalue weighted by atomic mass is 32.3. The Morgan fingerprint density at radius 3 is 0.938 bits per heavy atom. The molecule has 0 amide bonds. The Bertz CT molecular complexity index is 429. The fourth-order valence-corrected chi connectivity index (χ4v) is 0.313. The van der Waals surface area contributed by atoms with Crippen LogP contribution in [0.1, 0.15) is 0 Å². The predicted molar refractivity (Wildman–Crippen MR) is 40.5 cm³/mol. The van der Waals surface area contributed by atoms with E-state index in [-0.39, 0.29) is 0 Å². The standard InChI is InChI=1S/H2O9S2.H2O4S/c1-10(2,3)8-7-9-11(4,5)6;1-5(2,3)4/h(H,1,2,3)(H,4,5,6);(H2,1,2,3,4). The van der Waals surface area contributed by atoms with Crippen molar-refractivity contribution >= 4 is 31.2 Å². The van der Waals surface area contributed by atoms with Crippen LogP contribution in [0, 0.1) is 0 Å². The molecule has 0 aromatic rings. The summed E-state index contributed by atoms with van der Waals surface area (Å²) in [6.07, 6.45) is 0. The van der Waals surface area contributed by atoms with E-state index < -0.39 is 31.2 Å². The first-order valence-corrected chi connectivity index (χ1v) is 6.52. The van der Waals surface area contributed by atoms with Gasteiger partial charge in [0.15, 0.2) is 0 Å². The average Bonchev–Trinajstić information content (AvgIpc) is 1.74. The van der Waals surface area contributed by atoms with Gasteiger partial charge in [0.1, 0.15) is 0 Å². The SMILES string of the molecule is O=S(=O)(O)O.O=S(=O)(O)OOOS(=O)(=O)O. The van der Waals surface area contributed by atoms with E-state index in [0.29, 0.717) is 0 Å². The molecule has 0 saturated heterocycles. The maximum absolute atomic E-state index is 9.57. The first kappa shape index (κ1) is 17.9. The topological polar surface area (TPSA) is 211 Å². The third-order valence-electron chi connectivity index (χ3n) is 0.228. The summed E-state index contributed by atoms with van der Waals surface area (Å²) in [5.74, 6) is 0. The number of hydrogen-bond donors (Lipinski definition) is 4. The molecule has 13 nitrogen and oxygen atoms in total. The molecule has 0 radical (unpaired) electrons. The van der Waals surface area contributed by atoms with Gasteiger partial charge >= 0.3 is 31.2 Å². The van der Waals surface area contributed by atoms with Gasteiger partial charge in [-0.25, -0.2) is 0 Å². The second-order valence-corrected chi connectivity index (χ2v) is 4.39. The molecular weight excluding hydrogens is 304 g/mol. The summed E-state index contributed by atoms with van der Waals surface area (Å²) in [6.45, 7) is 0. The minimum atomic E-state index is -4.97. The Balaban J connectivity index is 0. The summed E-state index contributed by atoms with van der Waals surface area (Å²) in [5, 5.41) is 2.89. The van der Waals surface area contributed by atoms with Crippen molar-refractivity contribution in [3.8, 4) is 0 Å². The lowest BCUT2D eigenvalue weighted by molar-refractivity contribution is -0.412. The molecule has 0 aromatic carbocycles. The highest BCUT2D eigenvalue weighted by Gasteiger charge is 2.11. The van der Waals surface area contributed by atoms with E-state index in [1.165, 1.54) is 0 Å². The minimum absolute atomic E-state index is 2.87. The Morgan fingerprint density at radius 1 is 0.625 bits per heavy atom. The summed E-state index contributed by atoms with van der Waals surface area (Å²) >= 11 is 0. The molecule has 0 aliphatic rings. The first-order valence-electron chi connectivity index (χ1n) is 2.40. The van der Waals surface area contributed by atoms with Gasteiger partial charge in [-0.15, -0.1) is 0 Å². The van der Waals surface area contributed by atoms with Crippen LogP contribution >= 0.6 is 0 Å². The second kappa shape index (κ2) is 6.34. The largest absolute Gasteiger partial charge is 0.426 e. The lowest BCUT2D eigenvalue weighted by atomic mass is 14.6. The molecule has 0 fully saturated rings. The zero-order chi connectivity index (χ0) is 13.6. The van der Waals surface area contributed by atoms with Crippen LogP contribution in [0.3, 0.4) is 0 Å². The summed E-state index contributed by atoms with van der Waals surface area (Å²) in [4.78, 5) is 0. The van der Waals surface area contributed by atoms with Gasteiger partial charge in [0.05, 0.1) is 0 Å². The normalized spacial score (nSPS) is 12.8. The Morgan fingerprint density at radius 2 is 0.812 bits per heavy atom. The smallest absolute Gasteiger partial charge is 0.264 e. The van der Waals surface area contributed by atoms with Crippen LogP contribution in [0.4, 0.5) is 0 Å². The molecule has 0 bridgehead atoms. The van der Waals surface area contributed by atoms with Gasteiger partial charge in [-0.3, -0.25) is 18.2 Å². The summed E-state index contributed by atoms with van der Waals surface area (Å²) < 4.78 is 91.0. The van der Waals surface area contributed by atoms with E-state index in [1.54, 1.807) is 0 Å². The molecule has 0 rings (SSSR count). The maximum atomic E-state index is 9.57. The maximum Gasteiger partial charge on any atom is 0.426 e. The van der Waals surface area contributed by atoms with E-state index in [1.807, 2.05) is 0 Å². The van der Waals surface area contributed by atoms with Crippen molar-refractivity contribution in [2.45, 2.75) is 0 Å². The molecule has 0 atom stereocenters. The zero-order valence-corrected chi connectivity index (χ0v) is 9.14. The van der Waals surface area contributed by atoms with E-state index in [9.17, 15) is 16.8 Å². The molecule has 0 aromatic heterocycles. The summed E-state index contributed by atoms with van der Waals surface area (Å²) in [7, 11) is -14.6. The van der Waals surface area contributed by atoms with Crippen LogP contribution in [-0.2, 0) is 44.9 Å². The minimum Gasteiger partial charge on any atom is -0.264 e.